The maximum Gasteiger partial charge on any atom is 0.258 e. The van der Waals surface area contributed by atoms with Crippen molar-refractivity contribution >= 4 is 17.6 Å². The molecule has 1 aromatic carbocycles. The molecule has 1 atom stereocenters. The number of fused-ring (bicyclic) bond motifs is 2. The summed E-state index contributed by atoms with van der Waals surface area (Å²) in [5.74, 6) is -0.155. The van der Waals surface area contributed by atoms with Crippen molar-refractivity contribution < 1.29 is 19.1 Å². The van der Waals surface area contributed by atoms with Crippen molar-refractivity contribution in [2.45, 2.75) is 24.7 Å². The predicted molar refractivity (Wildman–Crippen MR) is 75.1 cm³/mol. The first kappa shape index (κ1) is 13.5. The minimum atomic E-state index is -0.661. The Labute approximate surface area is 122 Å². The van der Waals surface area contributed by atoms with Crippen molar-refractivity contribution in [1.82, 2.24) is 5.32 Å². The van der Waals surface area contributed by atoms with Gasteiger partial charge in [-0.1, -0.05) is 12.1 Å². The number of methoxy groups -OCH3 is 1. The number of nitrogens with one attached hydrogen (secondary N) is 1. The third kappa shape index (κ3) is 2.14. The minimum absolute atomic E-state index is 0.0352. The van der Waals surface area contributed by atoms with Crippen LogP contribution in [-0.4, -0.2) is 24.7 Å². The molecule has 2 aliphatic rings. The SMILES string of the molecule is COc1cccc2c1C1(C=CC(=O)CC1)CC(=O)NC2=O. The van der Waals surface area contributed by atoms with Gasteiger partial charge in [-0.3, -0.25) is 19.7 Å². The molecule has 21 heavy (non-hydrogen) atoms. The Kier molecular flexibility index (Phi) is 3.12. The van der Waals surface area contributed by atoms with Crippen molar-refractivity contribution in [3.05, 3.63) is 41.5 Å². The second kappa shape index (κ2) is 4.84. The molecule has 1 unspecified atom stereocenters. The number of imide groups is 1. The van der Waals surface area contributed by atoms with E-state index < -0.39 is 11.3 Å². The van der Waals surface area contributed by atoms with Crippen LogP contribution in [0.25, 0.3) is 0 Å². The highest BCUT2D eigenvalue weighted by Gasteiger charge is 2.42. The van der Waals surface area contributed by atoms with E-state index in [1.54, 1.807) is 24.3 Å². The molecule has 0 saturated carbocycles. The summed E-state index contributed by atoms with van der Waals surface area (Å²) < 4.78 is 5.40. The number of hydrogen-bond donors (Lipinski definition) is 1. The zero-order valence-corrected chi connectivity index (χ0v) is 11.6. The monoisotopic (exact) mass is 285 g/mol. The van der Waals surface area contributed by atoms with Gasteiger partial charge in [0.05, 0.1) is 7.11 Å². The molecule has 1 aliphatic carbocycles. The van der Waals surface area contributed by atoms with Gasteiger partial charge in [0.15, 0.2) is 5.78 Å². The summed E-state index contributed by atoms with van der Waals surface area (Å²) in [4.78, 5) is 35.7. The van der Waals surface area contributed by atoms with Gasteiger partial charge < -0.3 is 4.74 Å². The molecule has 2 amide bonds. The zero-order valence-electron chi connectivity index (χ0n) is 11.6. The second-order valence-corrected chi connectivity index (χ2v) is 5.39. The van der Waals surface area contributed by atoms with Crippen molar-refractivity contribution in [2.75, 3.05) is 7.11 Å². The van der Waals surface area contributed by atoms with E-state index >= 15 is 0 Å². The molecule has 5 heteroatoms. The molecule has 108 valence electrons. The van der Waals surface area contributed by atoms with Crippen LogP contribution in [0.15, 0.2) is 30.4 Å². The summed E-state index contributed by atoms with van der Waals surface area (Å²) in [5.41, 5.74) is 0.463. The molecule has 1 heterocycles. The van der Waals surface area contributed by atoms with Gasteiger partial charge >= 0.3 is 0 Å². The lowest BCUT2D eigenvalue weighted by Crippen LogP contribution is -2.33. The molecule has 1 spiro atoms. The highest BCUT2D eigenvalue weighted by Crippen LogP contribution is 2.44. The topological polar surface area (TPSA) is 72.5 Å². The van der Waals surface area contributed by atoms with Crippen molar-refractivity contribution in [1.29, 1.82) is 0 Å². The van der Waals surface area contributed by atoms with E-state index in [4.69, 9.17) is 4.74 Å². The molecule has 3 rings (SSSR count). The first-order chi connectivity index (χ1) is 10.1. The number of carbonyl (C=O) groups excluding carboxylic acids is 3. The molecule has 0 bridgehead atoms. The van der Waals surface area contributed by atoms with Gasteiger partial charge in [-0.15, -0.1) is 0 Å². The fourth-order valence-electron chi connectivity index (χ4n) is 3.14. The Morgan fingerprint density at radius 3 is 2.71 bits per heavy atom. The van der Waals surface area contributed by atoms with Crippen LogP contribution in [0.4, 0.5) is 0 Å². The number of carbonyl (C=O) groups is 3. The molecule has 1 aliphatic heterocycles. The number of hydrogen-bond acceptors (Lipinski definition) is 4. The summed E-state index contributed by atoms with van der Waals surface area (Å²) >= 11 is 0. The number of amides is 2. The van der Waals surface area contributed by atoms with E-state index in [2.05, 4.69) is 5.32 Å². The second-order valence-electron chi connectivity index (χ2n) is 5.39. The van der Waals surface area contributed by atoms with Gasteiger partial charge in [0.25, 0.3) is 5.91 Å². The van der Waals surface area contributed by atoms with Gasteiger partial charge in [-0.25, -0.2) is 0 Å². The van der Waals surface area contributed by atoms with Gasteiger partial charge in [0.1, 0.15) is 5.75 Å². The normalized spacial score (nSPS) is 24.5. The van der Waals surface area contributed by atoms with Crippen LogP contribution in [-0.2, 0) is 15.0 Å². The molecule has 1 N–H and O–H groups in total. The van der Waals surface area contributed by atoms with Crippen LogP contribution in [0.1, 0.15) is 35.2 Å². The number of rotatable bonds is 1. The maximum atomic E-state index is 12.2. The number of benzene rings is 1. The number of allylic oxidation sites excluding steroid dienone is 2. The highest BCUT2D eigenvalue weighted by atomic mass is 16.5. The quantitative estimate of drug-likeness (QED) is 0.794. The number of ether oxygens (including phenoxy) is 1. The molecule has 0 saturated heterocycles. The molecular weight excluding hydrogens is 270 g/mol. The van der Waals surface area contributed by atoms with Crippen molar-refractivity contribution in [3.8, 4) is 5.75 Å². The Balaban J connectivity index is 2.28. The molecule has 0 radical (unpaired) electrons. The standard InChI is InChI=1S/C16H15NO4/c1-21-12-4-2-3-11-14(12)16(7-5-10(18)6-8-16)9-13(19)17-15(11)20/h2-5,7H,6,8-9H2,1H3,(H,17,19,20). The smallest absolute Gasteiger partial charge is 0.258 e. The Morgan fingerprint density at radius 1 is 1.24 bits per heavy atom. The van der Waals surface area contributed by atoms with Crippen LogP contribution < -0.4 is 10.1 Å². The third-order valence-corrected chi connectivity index (χ3v) is 4.12. The zero-order chi connectivity index (χ0) is 15.0. The third-order valence-electron chi connectivity index (χ3n) is 4.12. The summed E-state index contributed by atoms with van der Waals surface area (Å²) in [6, 6.07) is 5.17. The van der Waals surface area contributed by atoms with Gasteiger partial charge in [-0.05, 0) is 24.6 Å². The molecule has 5 nitrogen and oxygen atoms in total. The maximum absolute atomic E-state index is 12.2. The average Bonchev–Trinajstić information content (AvgIpc) is 2.58. The highest BCUT2D eigenvalue weighted by molar-refractivity contribution is 6.08. The lowest BCUT2D eigenvalue weighted by atomic mass is 9.69. The van der Waals surface area contributed by atoms with E-state index in [-0.39, 0.29) is 18.1 Å². The Morgan fingerprint density at radius 2 is 2.05 bits per heavy atom. The van der Waals surface area contributed by atoms with Gasteiger partial charge in [0, 0.05) is 29.4 Å². The Hall–Kier alpha value is -2.43. The summed E-state index contributed by atoms with van der Waals surface area (Å²) in [5, 5.41) is 2.38. The summed E-state index contributed by atoms with van der Waals surface area (Å²) in [6.07, 6.45) is 4.24. The van der Waals surface area contributed by atoms with E-state index in [0.717, 1.165) is 0 Å². The summed E-state index contributed by atoms with van der Waals surface area (Å²) in [7, 11) is 1.53. The van der Waals surface area contributed by atoms with Crippen LogP contribution >= 0.6 is 0 Å². The average molecular weight is 285 g/mol. The lowest BCUT2D eigenvalue weighted by Gasteiger charge is -2.33. The van der Waals surface area contributed by atoms with Gasteiger partial charge in [0.2, 0.25) is 5.91 Å². The molecular formula is C16H15NO4. The molecule has 0 fully saturated rings. The number of ketones is 1. The predicted octanol–water partition coefficient (Wildman–Crippen LogP) is 1.51. The summed E-state index contributed by atoms with van der Waals surface area (Å²) in [6.45, 7) is 0. The molecule has 1 aromatic rings. The first-order valence-corrected chi connectivity index (χ1v) is 6.79. The van der Waals surface area contributed by atoms with Crippen LogP contribution in [0, 0.1) is 0 Å². The fraction of sp³-hybridized carbons (Fsp3) is 0.312. The minimum Gasteiger partial charge on any atom is -0.496 e. The van der Waals surface area contributed by atoms with Crippen LogP contribution in [0.2, 0.25) is 0 Å². The van der Waals surface area contributed by atoms with Crippen molar-refractivity contribution in [2.24, 2.45) is 0 Å². The van der Waals surface area contributed by atoms with Crippen molar-refractivity contribution in [3.63, 3.8) is 0 Å². The van der Waals surface area contributed by atoms with Crippen LogP contribution in [0.3, 0.4) is 0 Å². The Bertz CT molecular complexity index is 677. The molecule has 0 aromatic heterocycles. The van der Waals surface area contributed by atoms with E-state index in [1.807, 2.05) is 0 Å². The van der Waals surface area contributed by atoms with E-state index in [0.29, 0.717) is 29.7 Å². The first-order valence-electron chi connectivity index (χ1n) is 6.79. The fourth-order valence-corrected chi connectivity index (χ4v) is 3.14. The largest absolute Gasteiger partial charge is 0.496 e. The van der Waals surface area contributed by atoms with Crippen LogP contribution in [0.5, 0.6) is 5.75 Å². The van der Waals surface area contributed by atoms with E-state index in [9.17, 15) is 14.4 Å². The lowest BCUT2D eigenvalue weighted by molar-refractivity contribution is -0.122. The van der Waals surface area contributed by atoms with E-state index in [1.165, 1.54) is 13.2 Å². The van der Waals surface area contributed by atoms with Gasteiger partial charge in [-0.2, -0.15) is 0 Å².